The van der Waals surface area contributed by atoms with Gasteiger partial charge < -0.3 is 20.1 Å². The Morgan fingerprint density at radius 3 is 2.83 bits per heavy atom. The molecule has 0 unspecified atom stereocenters. The predicted molar refractivity (Wildman–Crippen MR) is 113 cm³/mol. The molecule has 0 radical (unpaired) electrons. The molecule has 4 rings (SSSR count). The van der Waals surface area contributed by atoms with Crippen LogP contribution in [0.1, 0.15) is 19.0 Å². The molecule has 0 spiro atoms. The first kappa shape index (κ1) is 19.4. The summed E-state index contributed by atoms with van der Waals surface area (Å²) in [4.78, 5) is 12.7. The third-order valence-electron chi connectivity index (χ3n) is 4.43. The van der Waals surface area contributed by atoms with Crippen LogP contribution in [0, 0.1) is 0 Å². The van der Waals surface area contributed by atoms with Crippen molar-refractivity contribution in [2.45, 2.75) is 19.8 Å². The van der Waals surface area contributed by atoms with Crippen molar-refractivity contribution in [2.75, 3.05) is 17.4 Å². The minimum Gasteiger partial charge on any atom is -0.454 e. The van der Waals surface area contributed by atoms with Gasteiger partial charge in [-0.3, -0.25) is 5.10 Å². The second kappa shape index (κ2) is 8.23. The van der Waals surface area contributed by atoms with Crippen molar-refractivity contribution >= 4 is 40.6 Å². The maximum Gasteiger partial charge on any atom is 0.323 e. The molecule has 9 heteroatoms. The highest BCUT2D eigenvalue weighted by atomic mass is 35.5. The Morgan fingerprint density at radius 2 is 2.00 bits per heavy atom. The van der Waals surface area contributed by atoms with Crippen LogP contribution in [0.15, 0.2) is 36.4 Å². The molecule has 29 heavy (non-hydrogen) atoms. The highest BCUT2D eigenvalue weighted by molar-refractivity contribution is 6.44. The molecule has 0 atom stereocenters. The van der Waals surface area contributed by atoms with E-state index in [1.807, 2.05) is 18.2 Å². The molecule has 0 saturated carbocycles. The number of aryl methyl sites for hydroxylation is 1. The molecule has 3 aromatic rings. The van der Waals surface area contributed by atoms with Gasteiger partial charge in [-0.2, -0.15) is 5.10 Å². The Bertz CT molecular complexity index is 1070. The van der Waals surface area contributed by atoms with E-state index in [1.54, 1.807) is 18.2 Å². The van der Waals surface area contributed by atoms with E-state index in [1.165, 1.54) is 0 Å². The lowest BCUT2D eigenvalue weighted by Gasteiger charge is -2.11. The summed E-state index contributed by atoms with van der Waals surface area (Å²) < 4.78 is 10.8. The van der Waals surface area contributed by atoms with Gasteiger partial charge in [0.25, 0.3) is 0 Å². The average molecular weight is 433 g/mol. The molecule has 7 nitrogen and oxygen atoms in total. The first-order valence-corrected chi connectivity index (χ1v) is 9.81. The number of aromatic amines is 1. The predicted octanol–water partition coefficient (Wildman–Crippen LogP) is 5.71. The zero-order valence-corrected chi connectivity index (χ0v) is 17.0. The van der Waals surface area contributed by atoms with Crippen molar-refractivity contribution in [3.05, 3.63) is 52.1 Å². The summed E-state index contributed by atoms with van der Waals surface area (Å²) in [7, 11) is 0. The van der Waals surface area contributed by atoms with Crippen LogP contribution in [0.4, 0.5) is 16.2 Å². The zero-order valence-electron chi connectivity index (χ0n) is 15.5. The van der Waals surface area contributed by atoms with Crippen molar-refractivity contribution in [1.29, 1.82) is 0 Å². The third-order valence-corrected chi connectivity index (χ3v) is 5.24. The van der Waals surface area contributed by atoms with Gasteiger partial charge >= 0.3 is 6.03 Å². The molecule has 2 amide bonds. The standard InChI is InChI=1S/C20H18Cl2N4O3/c1-2-4-14-19(24-20(27)23-13-6-3-5-12(21)17(13)22)18(26-25-14)11-7-8-15-16(9-11)29-10-28-15/h3,5-9H,2,4,10H2,1H3,(H,25,26)(H2,23,24,27). The number of nitrogens with one attached hydrogen (secondary N) is 3. The van der Waals surface area contributed by atoms with Crippen molar-refractivity contribution < 1.29 is 14.3 Å². The molecule has 0 saturated heterocycles. The second-order valence-electron chi connectivity index (χ2n) is 6.42. The Labute approximate surface area is 177 Å². The van der Waals surface area contributed by atoms with Crippen LogP contribution in [0.25, 0.3) is 11.3 Å². The number of fused-ring (bicyclic) bond motifs is 1. The number of rotatable bonds is 5. The van der Waals surface area contributed by atoms with Gasteiger partial charge in [-0.25, -0.2) is 4.79 Å². The van der Waals surface area contributed by atoms with Gasteiger partial charge in [0.15, 0.2) is 11.5 Å². The van der Waals surface area contributed by atoms with Crippen molar-refractivity contribution in [2.24, 2.45) is 0 Å². The average Bonchev–Trinajstić information content (AvgIpc) is 3.32. The number of carbonyl (C=O) groups excluding carboxylic acids is 1. The first-order chi connectivity index (χ1) is 14.1. The number of ether oxygens (including phenoxy) is 2. The number of amides is 2. The van der Waals surface area contributed by atoms with Gasteiger partial charge in [0.2, 0.25) is 6.79 Å². The zero-order chi connectivity index (χ0) is 20.4. The van der Waals surface area contributed by atoms with Crippen LogP contribution in [0.3, 0.4) is 0 Å². The van der Waals surface area contributed by atoms with E-state index in [0.29, 0.717) is 33.6 Å². The smallest absolute Gasteiger partial charge is 0.323 e. The number of hydrogen-bond donors (Lipinski definition) is 3. The van der Waals surface area contributed by atoms with Crippen LogP contribution in [0.5, 0.6) is 11.5 Å². The fourth-order valence-corrected chi connectivity index (χ4v) is 3.41. The Morgan fingerprint density at radius 1 is 1.17 bits per heavy atom. The summed E-state index contributed by atoms with van der Waals surface area (Å²) in [6, 6.07) is 10.1. The summed E-state index contributed by atoms with van der Waals surface area (Å²) in [5.74, 6) is 1.32. The van der Waals surface area contributed by atoms with E-state index < -0.39 is 6.03 Å². The van der Waals surface area contributed by atoms with Crippen molar-refractivity contribution in [3.63, 3.8) is 0 Å². The number of hydrogen-bond acceptors (Lipinski definition) is 4. The molecule has 150 valence electrons. The van der Waals surface area contributed by atoms with Crippen LogP contribution in [-0.2, 0) is 6.42 Å². The lowest BCUT2D eigenvalue weighted by Crippen LogP contribution is -2.20. The number of benzene rings is 2. The minimum absolute atomic E-state index is 0.189. The van der Waals surface area contributed by atoms with E-state index >= 15 is 0 Å². The highest BCUT2D eigenvalue weighted by Crippen LogP contribution is 2.38. The van der Waals surface area contributed by atoms with Crippen molar-refractivity contribution in [1.82, 2.24) is 10.2 Å². The van der Waals surface area contributed by atoms with E-state index in [4.69, 9.17) is 32.7 Å². The summed E-state index contributed by atoms with van der Waals surface area (Å²) in [6.45, 7) is 2.24. The number of aromatic nitrogens is 2. The largest absolute Gasteiger partial charge is 0.454 e. The molecule has 0 fully saturated rings. The highest BCUT2D eigenvalue weighted by Gasteiger charge is 2.20. The third kappa shape index (κ3) is 3.97. The molecule has 2 aromatic carbocycles. The normalized spacial score (nSPS) is 12.1. The lowest BCUT2D eigenvalue weighted by molar-refractivity contribution is 0.174. The number of halogens is 2. The molecule has 3 N–H and O–H groups in total. The minimum atomic E-state index is -0.449. The maximum absolute atomic E-state index is 12.7. The summed E-state index contributed by atoms with van der Waals surface area (Å²) in [6.07, 6.45) is 1.62. The SMILES string of the molecule is CCCc1[nH]nc(-c2ccc3c(c2)OCO3)c1NC(=O)Nc1cccc(Cl)c1Cl. The monoisotopic (exact) mass is 432 g/mol. The van der Waals surface area contributed by atoms with Gasteiger partial charge in [-0.05, 0) is 36.8 Å². The Balaban J connectivity index is 1.63. The number of urea groups is 1. The van der Waals surface area contributed by atoms with E-state index in [9.17, 15) is 4.79 Å². The fourth-order valence-electron chi connectivity index (χ4n) is 3.06. The number of anilines is 2. The molecule has 0 bridgehead atoms. The van der Waals surface area contributed by atoms with E-state index in [0.717, 1.165) is 24.1 Å². The fraction of sp³-hybridized carbons (Fsp3) is 0.200. The second-order valence-corrected chi connectivity index (χ2v) is 7.21. The van der Waals surface area contributed by atoms with Gasteiger partial charge in [-0.15, -0.1) is 0 Å². The number of H-pyrrole nitrogens is 1. The molecule has 1 aromatic heterocycles. The van der Waals surface area contributed by atoms with Crippen molar-refractivity contribution in [3.8, 4) is 22.8 Å². The first-order valence-electron chi connectivity index (χ1n) is 9.06. The number of carbonyl (C=O) groups is 1. The van der Waals surface area contributed by atoms with Gasteiger partial charge in [0.05, 0.1) is 27.1 Å². The van der Waals surface area contributed by atoms with E-state index in [2.05, 4.69) is 27.8 Å². The van der Waals surface area contributed by atoms with Gasteiger partial charge in [0.1, 0.15) is 5.69 Å². The molecule has 1 aliphatic rings. The molecule has 1 aliphatic heterocycles. The van der Waals surface area contributed by atoms with E-state index in [-0.39, 0.29) is 11.8 Å². The molecule has 0 aliphatic carbocycles. The molecular formula is C20H18Cl2N4O3. The lowest BCUT2D eigenvalue weighted by atomic mass is 10.1. The number of nitrogens with zero attached hydrogens (tertiary/aromatic N) is 1. The Hall–Kier alpha value is -2.90. The molecular weight excluding hydrogens is 415 g/mol. The van der Waals surface area contributed by atoms with Gasteiger partial charge in [0, 0.05) is 5.56 Å². The summed E-state index contributed by atoms with van der Waals surface area (Å²) in [5, 5.41) is 13.7. The topological polar surface area (TPSA) is 88.3 Å². The van der Waals surface area contributed by atoms with Crippen LogP contribution < -0.4 is 20.1 Å². The Kier molecular flexibility index (Phi) is 5.51. The van der Waals surface area contributed by atoms with Crippen LogP contribution in [-0.4, -0.2) is 23.0 Å². The van der Waals surface area contributed by atoms with Gasteiger partial charge in [-0.1, -0.05) is 42.6 Å². The van der Waals surface area contributed by atoms with Crippen LogP contribution >= 0.6 is 23.2 Å². The quantitative estimate of drug-likeness (QED) is 0.481. The van der Waals surface area contributed by atoms with Crippen LogP contribution in [0.2, 0.25) is 10.0 Å². The maximum atomic E-state index is 12.7. The summed E-state index contributed by atoms with van der Waals surface area (Å²) >= 11 is 12.2. The summed E-state index contributed by atoms with van der Waals surface area (Å²) in [5.41, 5.74) is 3.25. The molecule has 2 heterocycles.